The molecule has 1 fully saturated rings. The van der Waals surface area contributed by atoms with E-state index in [9.17, 15) is 4.79 Å². The molecule has 1 aliphatic carbocycles. The van der Waals surface area contributed by atoms with Crippen LogP contribution in [0.2, 0.25) is 0 Å². The van der Waals surface area contributed by atoms with E-state index in [0.717, 1.165) is 17.3 Å². The van der Waals surface area contributed by atoms with Gasteiger partial charge in [0.2, 0.25) is 5.91 Å². The molecule has 102 valence electrons. The van der Waals surface area contributed by atoms with Crippen LogP contribution < -0.4 is 11.1 Å². The predicted octanol–water partition coefficient (Wildman–Crippen LogP) is 2.53. The van der Waals surface area contributed by atoms with Crippen LogP contribution in [0.1, 0.15) is 25.3 Å². The van der Waals surface area contributed by atoms with Gasteiger partial charge in [-0.05, 0) is 37.0 Å². The van der Waals surface area contributed by atoms with E-state index in [-0.39, 0.29) is 17.7 Å². The standard InChI is InChI=1S/C13H16BrN3O2/c1-7(8-2-3-8)13(18)16-11-6-9(14)4-5-10(11)12(15)17-19/h4-8,19H,2-3H2,1H3,(H2,15,17)(H,16,18). The highest BCUT2D eigenvalue weighted by atomic mass is 79.9. The quantitative estimate of drug-likeness (QED) is 0.344. The van der Waals surface area contributed by atoms with E-state index in [1.165, 1.54) is 0 Å². The minimum Gasteiger partial charge on any atom is -0.409 e. The van der Waals surface area contributed by atoms with E-state index < -0.39 is 0 Å². The molecule has 1 unspecified atom stereocenters. The summed E-state index contributed by atoms with van der Waals surface area (Å²) in [6.45, 7) is 1.92. The average molecular weight is 326 g/mol. The lowest BCUT2D eigenvalue weighted by Crippen LogP contribution is -2.24. The first kappa shape index (κ1) is 13.9. The molecule has 0 aliphatic heterocycles. The van der Waals surface area contributed by atoms with E-state index in [1.54, 1.807) is 18.2 Å². The normalized spacial score (nSPS) is 17.1. The van der Waals surface area contributed by atoms with Crippen LogP contribution in [-0.2, 0) is 4.79 Å². The Morgan fingerprint density at radius 1 is 1.58 bits per heavy atom. The smallest absolute Gasteiger partial charge is 0.227 e. The number of amidine groups is 1. The van der Waals surface area contributed by atoms with E-state index >= 15 is 0 Å². The van der Waals surface area contributed by atoms with Crippen molar-refractivity contribution < 1.29 is 10.0 Å². The second-order valence-corrected chi connectivity index (χ2v) is 5.71. The Kier molecular flexibility index (Phi) is 4.09. The van der Waals surface area contributed by atoms with E-state index in [1.807, 2.05) is 6.92 Å². The van der Waals surface area contributed by atoms with Gasteiger partial charge in [-0.1, -0.05) is 28.0 Å². The van der Waals surface area contributed by atoms with Crippen molar-refractivity contribution in [3.05, 3.63) is 28.2 Å². The van der Waals surface area contributed by atoms with E-state index in [2.05, 4.69) is 26.4 Å². The van der Waals surface area contributed by atoms with Gasteiger partial charge in [0.05, 0.1) is 5.69 Å². The van der Waals surface area contributed by atoms with Crippen molar-refractivity contribution in [1.82, 2.24) is 0 Å². The van der Waals surface area contributed by atoms with Gasteiger partial charge in [-0.25, -0.2) is 0 Å². The third kappa shape index (κ3) is 3.26. The zero-order chi connectivity index (χ0) is 14.0. The van der Waals surface area contributed by atoms with Gasteiger partial charge in [0.15, 0.2) is 5.84 Å². The minimum absolute atomic E-state index is 0.0147. The molecule has 1 aromatic rings. The molecule has 1 aliphatic rings. The fourth-order valence-electron chi connectivity index (χ4n) is 1.95. The van der Waals surface area contributed by atoms with Crippen LogP contribution in [0.25, 0.3) is 0 Å². The summed E-state index contributed by atoms with van der Waals surface area (Å²) in [6, 6.07) is 5.20. The number of nitrogens with zero attached hydrogens (tertiary/aromatic N) is 1. The van der Waals surface area contributed by atoms with Crippen molar-refractivity contribution in [1.29, 1.82) is 0 Å². The summed E-state index contributed by atoms with van der Waals surface area (Å²) < 4.78 is 0.816. The molecule has 4 N–H and O–H groups in total. The van der Waals surface area contributed by atoms with Crippen molar-refractivity contribution in [2.45, 2.75) is 19.8 Å². The number of hydrogen-bond acceptors (Lipinski definition) is 3. The Morgan fingerprint density at radius 2 is 2.26 bits per heavy atom. The van der Waals surface area contributed by atoms with Gasteiger partial charge in [-0.15, -0.1) is 0 Å². The Hall–Kier alpha value is -1.56. The number of rotatable bonds is 4. The number of carbonyl (C=O) groups excluding carboxylic acids is 1. The molecule has 0 spiro atoms. The molecule has 1 atom stereocenters. The summed E-state index contributed by atoms with van der Waals surface area (Å²) in [5, 5.41) is 14.6. The van der Waals surface area contributed by atoms with Crippen LogP contribution in [0, 0.1) is 11.8 Å². The van der Waals surface area contributed by atoms with Gasteiger partial charge in [0, 0.05) is 16.0 Å². The van der Waals surface area contributed by atoms with Crippen LogP contribution in [0.15, 0.2) is 27.8 Å². The van der Waals surface area contributed by atoms with Gasteiger partial charge in [0.1, 0.15) is 0 Å². The van der Waals surface area contributed by atoms with Crippen LogP contribution in [0.3, 0.4) is 0 Å². The molecular weight excluding hydrogens is 310 g/mol. The van der Waals surface area contributed by atoms with Crippen molar-refractivity contribution in [2.75, 3.05) is 5.32 Å². The summed E-state index contributed by atoms with van der Waals surface area (Å²) in [5.41, 5.74) is 6.65. The van der Waals surface area contributed by atoms with E-state index in [0.29, 0.717) is 17.2 Å². The molecule has 1 saturated carbocycles. The number of oxime groups is 1. The molecule has 19 heavy (non-hydrogen) atoms. The third-order valence-electron chi connectivity index (χ3n) is 3.37. The van der Waals surface area contributed by atoms with Crippen LogP contribution in [0.4, 0.5) is 5.69 Å². The van der Waals surface area contributed by atoms with Crippen LogP contribution in [0.5, 0.6) is 0 Å². The second kappa shape index (κ2) is 5.61. The predicted molar refractivity (Wildman–Crippen MR) is 77.2 cm³/mol. The molecule has 2 rings (SSSR count). The highest BCUT2D eigenvalue weighted by Crippen LogP contribution is 2.37. The number of benzene rings is 1. The fraction of sp³-hybridized carbons (Fsp3) is 0.385. The van der Waals surface area contributed by atoms with Gasteiger partial charge in [0.25, 0.3) is 0 Å². The third-order valence-corrected chi connectivity index (χ3v) is 3.86. The number of nitrogens with one attached hydrogen (secondary N) is 1. The maximum absolute atomic E-state index is 12.1. The summed E-state index contributed by atoms with van der Waals surface area (Å²) in [7, 11) is 0. The highest BCUT2D eigenvalue weighted by Gasteiger charge is 2.32. The Bertz CT molecular complexity index is 527. The Labute approximate surface area is 120 Å². The van der Waals surface area contributed by atoms with Gasteiger partial charge in [-0.2, -0.15) is 0 Å². The maximum atomic E-state index is 12.1. The van der Waals surface area contributed by atoms with Crippen molar-refractivity contribution in [3.63, 3.8) is 0 Å². The number of anilines is 1. The van der Waals surface area contributed by atoms with E-state index in [4.69, 9.17) is 10.9 Å². The van der Waals surface area contributed by atoms with Crippen molar-refractivity contribution >= 4 is 33.4 Å². The van der Waals surface area contributed by atoms with Crippen molar-refractivity contribution in [2.24, 2.45) is 22.7 Å². The lowest BCUT2D eigenvalue weighted by Gasteiger charge is -2.14. The summed E-state index contributed by atoms with van der Waals surface area (Å²) in [6.07, 6.45) is 2.22. The average Bonchev–Trinajstić information content (AvgIpc) is 3.21. The largest absolute Gasteiger partial charge is 0.409 e. The first-order chi connectivity index (χ1) is 9.02. The molecule has 0 bridgehead atoms. The lowest BCUT2D eigenvalue weighted by molar-refractivity contribution is -0.119. The molecule has 6 heteroatoms. The lowest BCUT2D eigenvalue weighted by atomic mass is 10.0. The Balaban J connectivity index is 2.22. The van der Waals surface area contributed by atoms with Crippen LogP contribution >= 0.6 is 15.9 Å². The topological polar surface area (TPSA) is 87.7 Å². The molecule has 0 saturated heterocycles. The first-order valence-corrected chi connectivity index (χ1v) is 6.90. The molecule has 1 aromatic carbocycles. The number of hydrogen-bond donors (Lipinski definition) is 3. The molecule has 1 amide bonds. The number of halogens is 1. The zero-order valence-corrected chi connectivity index (χ0v) is 12.1. The van der Waals surface area contributed by atoms with Crippen molar-refractivity contribution in [3.8, 4) is 0 Å². The zero-order valence-electron chi connectivity index (χ0n) is 10.6. The van der Waals surface area contributed by atoms with Crippen LogP contribution in [-0.4, -0.2) is 17.0 Å². The molecule has 0 aromatic heterocycles. The van der Waals surface area contributed by atoms with Gasteiger partial charge in [-0.3, -0.25) is 4.79 Å². The number of amides is 1. The van der Waals surface area contributed by atoms with Gasteiger partial charge < -0.3 is 16.3 Å². The maximum Gasteiger partial charge on any atom is 0.227 e. The monoisotopic (exact) mass is 325 g/mol. The molecule has 0 heterocycles. The first-order valence-electron chi connectivity index (χ1n) is 6.11. The number of carbonyl (C=O) groups is 1. The molecule has 5 nitrogen and oxygen atoms in total. The fourth-order valence-corrected chi connectivity index (χ4v) is 2.32. The molecular formula is C13H16BrN3O2. The highest BCUT2D eigenvalue weighted by molar-refractivity contribution is 9.10. The SMILES string of the molecule is CC(C(=O)Nc1cc(Br)ccc1/C(N)=N/O)C1CC1. The van der Waals surface area contributed by atoms with Gasteiger partial charge >= 0.3 is 0 Å². The molecule has 0 radical (unpaired) electrons. The summed E-state index contributed by atoms with van der Waals surface area (Å²) in [5.74, 6) is 0.410. The summed E-state index contributed by atoms with van der Waals surface area (Å²) in [4.78, 5) is 12.1. The number of nitrogens with two attached hydrogens (primary N) is 1. The Morgan fingerprint density at radius 3 is 2.84 bits per heavy atom. The minimum atomic E-state index is -0.0346. The second-order valence-electron chi connectivity index (χ2n) is 4.79. The summed E-state index contributed by atoms with van der Waals surface area (Å²) >= 11 is 3.34.